The first-order chi connectivity index (χ1) is 14.3. The van der Waals surface area contributed by atoms with Crippen molar-refractivity contribution >= 4 is 10.8 Å². The number of nitrogens with one attached hydrogen (secondary N) is 1. The lowest BCUT2D eigenvalue weighted by molar-refractivity contribution is 0.174. The molecular formula is C26H25NO2. The molecule has 1 atom stereocenters. The fourth-order valence-corrected chi connectivity index (χ4v) is 3.50. The maximum Gasteiger partial charge on any atom is 0.124 e. The largest absolute Gasteiger partial charge is 0.489 e. The zero-order chi connectivity index (χ0) is 19.9. The Morgan fingerprint density at radius 3 is 2.24 bits per heavy atom. The van der Waals surface area contributed by atoms with Crippen LogP contribution in [0.3, 0.4) is 0 Å². The van der Waals surface area contributed by atoms with Crippen molar-refractivity contribution in [2.75, 3.05) is 6.54 Å². The van der Waals surface area contributed by atoms with E-state index in [9.17, 15) is 5.11 Å². The van der Waals surface area contributed by atoms with Crippen LogP contribution in [-0.4, -0.2) is 11.7 Å². The summed E-state index contributed by atoms with van der Waals surface area (Å²) in [6.07, 6.45) is -0.542. The van der Waals surface area contributed by atoms with Crippen molar-refractivity contribution in [3.05, 3.63) is 114 Å². The molecule has 0 spiro atoms. The van der Waals surface area contributed by atoms with E-state index in [0.717, 1.165) is 22.4 Å². The van der Waals surface area contributed by atoms with Gasteiger partial charge in [0.25, 0.3) is 0 Å². The summed E-state index contributed by atoms with van der Waals surface area (Å²) < 4.78 is 6.17. The fourth-order valence-electron chi connectivity index (χ4n) is 3.50. The Balaban J connectivity index is 1.51. The van der Waals surface area contributed by atoms with Gasteiger partial charge in [0, 0.05) is 18.7 Å². The van der Waals surface area contributed by atoms with E-state index in [2.05, 4.69) is 35.6 Å². The van der Waals surface area contributed by atoms with Gasteiger partial charge < -0.3 is 15.2 Å². The summed E-state index contributed by atoms with van der Waals surface area (Å²) in [5.74, 6) is 0.870. The highest BCUT2D eigenvalue weighted by Crippen LogP contribution is 2.29. The average Bonchev–Trinajstić information content (AvgIpc) is 2.79. The Morgan fingerprint density at radius 2 is 1.45 bits per heavy atom. The standard InChI is InChI=1S/C26H25NO2/c28-25(22-12-5-2-6-13-22)18-27-17-24-23-14-8-7-11-21(23)15-16-26(24)29-19-20-9-3-1-4-10-20/h1-16,25,27-28H,17-19H2/t25-/m0/s1. The van der Waals surface area contributed by atoms with Gasteiger partial charge in [-0.1, -0.05) is 91.0 Å². The van der Waals surface area contributed by atoms with Gasteiger partial charge in [-0.15, -0.1) is 0 Å². The van der Waals surface area contributed by atoms with E-state index in [4.69, 9.17) is 4.74 Å². The molecule has 4 aromatic rings. The molecule has 29 heavy (non-hydrogen) atoms. The first kappa shape index (κ1) is 19.2. The Hall–Kier alpha value is -3.14. The molecule has 0 aliphatic heterocycles. The second-order valence-corrected chi connectivity index (χ2v) is 7.10. The van der Waals surface area contributed by atoms with Crippen LogP contribution in [0.25, 0.3) is 10.8 Å². The van der Waals surface area contributed by atoms with Crippen molar-refractivity contribution in [1.29, 1.82) is 0 Å². The molecule has 3 heteroatoms. The van der Waals surface area contributed by atoms with Crippen molar-refractivity contribution < 1.29 is 9.84 Å². The van der Waals surface area contributed by atoms with E-state index in [1.54, 1.807) is 0 Å². The first-order valence-corrected chi connectivity index (χ1v) is 9.92. The van der Waals surface area contributed by atoms with E-state index in [0.29, 0.717) is 19.7 Å². The van der Waals surface area contributed by atoms with Crippen LogP contribution in [0.15, 0.2) is 97.1 Å². The number of benzene rings is 4. The van der Waals surface area contributed by atoms with Gasteiger partial charge >= 0.3 is 0 Å². The maximum atomic E-state index is 10.4. The van der Waals surface area contributed by atoms with Crippen LogP contribution in [0.1, 0.15) is 22.8 Å². The first-order valence-electron chi connectivity index (χ1n) is 9.92. The summed E-state index contributed by atoms with van der Waals surface area (Å²) in [5, 5.41) is 16.2. The molecule has 146 valence electrons. The fraction of sp³-hybridized carbons (Fsp3) is 0.154. The molecule has 0 aliphatic carbocycles. The second-order valence-electron chi connectivity index (χ2n) is 7.10. The van der Waals surface area contributed by atoms with E-state index in [1.165, 1.54) is 10.8 Å². The van der Waals surface area contributed by atoms with Crippen molar-refractivity contribution in [3.63, 3.8) is 0 Å². The predicted molar refractivity (Wildman–Crippen MR) is 118 cm³/mol. The molecule has 0 saturated carbocycles. The van der Waals surface area contributed by atoms with Gasteiger partial charge in [-0.2, -0.15) is 0 Å². The number of fused-ring (bicyclic) bond motifs is 1. The third-order valence-corrected chi connectivity index (χ3v) is 5.06. The molecule has 0 saturated heterocycles. The topological polar surface area (TPSA) is 41.5 Å². The number of hydrogen-bond acceptors (Lipinski definition) is 3. The third kappa shape index (κ3) is 4.83. The van der Waals surface area contributed by atoms with Gasteiger partial charge in [0.1, 0.15) is 12.4 Å². The van der Waals surface area contributed by atoms with Crippen molar-refractivity contribution in [3.8, 4) is 5.75 Å². The Kier molecular flexibility index (Phi) is 6.20. The van der Waals surface area contributed by atoms with Crippen molar-refractivity contribution in [2.24, 2.45) is 0 Å². The molecule has 4 rings (SSSR count). The van der Waals surface area contributed by atoms with E-state index >= 15 is 0 Å². The second kappa shape index (κ2) is 9.37. The Bertz CT molecular complexity index is 1050. The van der Waals surface area contributed by atoms with E-state index in [-0.39, 0.29) is 0 Å². The van der Waals surface area contributed by atoms with Crippen LogP contribution in [0.4, 0.5) is 0 Å². The minimum absolute atomic E-state index is 0.478. The van der Waals surface area contributed by atoms with Crippen LogP contribution in [0.2, 0.25) is 0 Å². The molecular weight excluding hydrogens is 358 g/mol. The Labute approximate surface area is 171 Å². The molecule has 0 amide bonds. The number of ether oxygens (including phenoxy) is 1. The molecule has 0 bridgehead atoms. The quantitative estimate of drug-likeness (QED) is 0.437. The minimum atomic E-state index is -0.542. The van der Waals surface area contributed by atoms with Crippen LogP contribution in [0, 0.1) is 0 Å². The zero-order valence-electron chi connectivity index (χ0n) is 16.3. The lowest BCUT2D eigenvalue weighted by Gasteiger charge is -2.17. The van der Waals surface area contributed by atoms with Crippen LogP contribution in [0.5, 0.6) is 5.75 Å². The molecule has 4 aromatic carbocycles. The van der Waals surface area contributed by atoms with Gasteiger partial charge in [0.05, 0.1) is 6.10 Å². The molecule has 0 radical (unpaired) electrons. The molecule has 0 aliphatic rings. The minimum Gasteiger partial charge on any atom is -0.489 e. The number of rotatable bonds is 8. The number of aliphatic hydroxyl groups excluding tert-OH is 1. The summed E-state index contributed by atoms with van der Waals surface area (Å²) in [7, 11) is 0. The molecule has 0 aromatic heterocycles. The highest BCUT2D eigenvalue weighted by atomic mass is 16.5. The lowest BCUT2D eigenvalue weighted by Crippen LogP contribution is -2.21. The van der Waals surface area contributed by atoms with Crippen LogP contribution < -0.4 is 10.1 Å². The molecule has 0 unspecified atom stereocenters. The highest BCUT2D eigenvalue weighted by Gasteiger charge is 2.11. The number of hydrogen-bond donors (Lipinski definition) is 2. The normalized spacial score (nSPS) is 12.0. The van der Waals surface area contributed by atoms with Crippen molar-refractivity contribution in [2.45, 2.75) is 19.3 Å². The Morgan fingerprint density at radius 1 is 0.759 bits per heavy atom. The summed E-state index contributed by atoms with van der Waals surface area (Å²) in [4.78, 5) is 0. The lowest BCUT2D eigenvalue weighted by atomic mass is 10.0. The summed E-state index contributed by atoms with van der Waals surface area (Å²) in [6.45, 7) is 1.62. The molecule has 3 nitrogen and oxygen atoms in total. The van der Waals surface area contributed by atoms with E-state index in [1.807, 2.05) is 66.7 Å². The van der Waals surface area contributed by atoms with Gasteiger partial charge in [-0.05, 0) is 28.0 Å². The van der Waals surface area contributed by atoms with Gasteiger partial charge in [0.2, 0.25) is 0 Å². The van der Waals surface area contributed by atoms with Crippen LogP contribution >= 0.6 is 0 Å². The molecule has 2 N–H and O–H groups in total. The van der Waals surface area contributed by atoms with Gasteiger partial charge in [-0.25, -0.2) is 0 Å². The SMILES string of the molecule is O[C@@H](CNCc1c(OCc2ccccc2)ccc2ccccc12)c1ccccc1. The highest BCUT2D eigenvalue weighted by molar-refractivity contribution is 5.87. The summed E-state index contributed by atoms with van der Waals surface area (Å²) in [6, 6.07) is 32.4. The van der Waals surface area contributed by atoms with E-state index < -0.39 is 6.10 Å². The van der Waals surface area contributed by atoms with Gasteiger partial charge in [0.15, 0.2) is 0 Å². The predicted octanol–water partition coefficient (Wildman–Crippen LogP) is 5.24. The van der Waals surface area contributed by atoms with Crippen LogP contribution in [-0.2, 0) is 13.2 Å². The maximum absolute atomic E-state index is 10.4. The van der Waals surface area contributed by atoms with Gasteiger partial charge in [-0.3, -0.25) is 0 Å². The van der Waals surface area contributed by atoms with Crippen molar-refractivity contribution in [1.82, 2.24) is 5.32 Å². The average molecular weight is 383 g/mol. The zero-order valence-corrected chi connectivity index (χ0v) is 16.3. The summed E-state index contributed by atoms with van der Waals surface area (Å²) in [5.41, 5.74) is 3.16. The number of aliphatic hydroxyl groups is 1. The molecule has 0 fully saturated rings. The summed E-state index contributed by atoms with van der Waals surface area (Å²) >= 11 is 0. The third-order valence-electron chi connectivity index (χ3n) is 5.06. The molecule has 0 heterocycles. The monoisotopic (exact) mass is 383 g/mol. The smallest absolute Gasteiger partial charge is 0.124 e.